The van der Waals surface area contributed by atoms with Gasteiger partial charge in [0.05, 0.1) is 26.4 Å². The zero-order chi connectivity index (χ0) is 77.4. The van der Waals surface area contributed by atoms with E-state index in [-0.39, 0.29) is 25.7 Å². The molecule has 3 N–H and O–H groups in total. The number of phosphoric acid groups is 2. The molecule has 0 aliphatic heterocycles. The average molecular weight is 1520 g/mol. The average Bonchev–Trinajstić information content (AvgIpc) is 0.905. The number of hydrogen-bond acceptors (Lipinski definition) is 15. The zero-order valence-corrected chi connectivity index (χ0v) is 67.8. The minimum absolute atomic E-state index is 0.000806. The van der Waals surface area contributed by atoms with E-state index in [1.54, 1.807) is 0 Å². The summed E-state index contributed by atoms with van der Waals surface area (Å²) >= 11 is 0. The Balaban J connectivity index is 5.54. The van der Waals surface area contributed by atoms with E-state index in [0.717, 1.165) is 116 Å². The van der Waals surface area contributed by atoms with Crippen LogP contribution in [-0.2, 0) is 65.4 Å². The largest absolute Gasteiger partial charge is 0.472 e. The molecular formula is C87H144O17P2. The molecule has 0 aromatic carbocycles. The second kappa shape index (κ2) is 77.8. The van der Waals surface area contributed by atoms with Gasteiger partial charge in [0.15, 0.2) is 12.2 Å². The Morgan fingerprint density at radius 1 is 0.264 bits per heavy atom. The zero-order valence-electron chi connectivity index (χ0n) is 66.1. The molecule has 0 heterocycles. The lowest BCUT2D eigenvalue weighted by Crippen LogP contribution is -2.30. The van der Waals surface area contributed by atoms with Crippen LogP contribution in [0.1, 0.15) is 310 Å². The predicted octanol–water partition coefficient (Wildman–Crippen LogP) is 24.0. The number of hydrogen-bond donors (Lipinski definition) is 3. The van der Waals surface area contributed by atoms with Crippen molar-refractivity contribution in [1.82, 2.24) is 0 Å². The lowest BCUT2D eigenvalue weighted by atomic mass is 10.1. The van der Waals surface area contributed by atoms with E-state index in [1.165, 1.54) is 96.3 Å². The van der Waals surface area contributed by atoms with Crippen LogP contribution in [0.25, 0.3) is 0 Å². The van der Waals surface area contributed by atoms with Crippen molar-refractivity contribution in [1.29, 1.82) is 0 Å². The van der Waals surface area contributed by atoms with Crippen molar-refractivity contribution in [3.8, 4) is 0 Å². The summed E-state index contributed by atoms with van der Waals surface area (Å²) in [5.41, 5.74) is 0. The molecule has 0 saturated carbocycles. The molecule has 0 aliphatic rings. The third kappa shape index (κ3) is 76.9. The maximum atomic E-state index is 13.1. The molecule has 2 unspecified atom stereocenters. The molecule has 0 bridgehead atoms. The highest BCUT2D eigenvalue weighted by atomic mass is 31.2. The van der Waals surface area contributed by atoms with Crippen LogP contribution in [0.3, 0.4) is 0 Å². The monoisotopic (exact) mass is 1520 g/mol. The molecule has 17 nitrogen and oxygen atoms in total. The van der Waals surface area contributed by atoms with Gasteiger partial charge in [-0.1, -0.05) is 276 Å². The number of ether oxygens (including phenoxy) is 4. The highest BCUT2D eigenvalue weighted by Crippen LogP contribution is 2.45. The van der Waals surface area contributed by atoms with Gasteiger partial charge in [-0.05, 0) is 167 Å². The van der Waals surface area contributed by atoms with Gasteiger partial charge < -0.3 is 33.8 Å². The lowest BCUT2D eigenvalue weighted by Gasteiger charge is -2.21. The normalized spacial score (nSPS) is 14.7. The van der Waals surface area contributed by atoms with Crippen LogP contribution in [-0.4, -0.2) is 96.7 Å². The first-order chi connectivity index (χ1) is 51.7. The van der Waals surface area contributed by atoms with E-state index in [9.17, 15) is 43.2 Å². The van der Waals surface area contributed by atoms with Gasteiger partial charge in [-0.2, -0.15) is 0 Å². The lowest BCUT2D eigenvalue weighted by molar-refractivity contribution is -0.161. The molecule has 604 valence electrons. The van der Waals surface area contributed by atoms with Crippen molar-refractivity contribution in [2.24, 2.45) is 0 Å². The molecule has 0 spiro atoms. The van der Waals surface area contributed by atoms with E-state index < -0.39 is 97.5 Å². The summed E-state index contributed by atoms with van der Waals surface area (Å²) in [7, 11) is -10.0. The number of rotatable bonds is 75. The Morgan fingerprint density at radius 3 is 0.774 bits per heavy atom. The van der Waals surface area contributed by atoms with Crippen LogP contribution < -0.4 is 0 Å². The number of carbonyl (C=O) groups excluding carboxylic acids is 4. The van der Waals surface area contributed by atoms with Gasteiger partial charge in [-0.25, -0.2) is 9.13 Å². The Hall–Kier alpha value is -5.32. The van der Waals surface area contributed by atoms with Crippen LogP contribution in [0.15, 0.2) is 158 Å². The topological polar surface area (TPSA) is 237 Å². The maximum Gasteiger partial charge on any atom is 0.472 e. The standard InChI is InChI=1S/C87H144O17P2/c1-5-9-13-17-21-25-29-33-37-40-44-48-52-56-60-64-68-72-85(90)98-78-83(104-87(92)74-70-66-62-58-54-50-46-42-39-35-31-27-23-19-15-11-7-3)80-102-106(95,96)100-76-81(88)75-99-105(93,94)101-79-82(77-97-84(89)71-67-63-59-55-51-47-43-36-32-28-24-20-16-12-8-4)103-86(91)73-69-65-61-57-53-49-45-41-38-34-30-26-22-18-14-10-6-2/h21-23,25-27,33-39,43-46,48-50,56-58,60-62,81-83,88H,5-20,24,28-32,40-42,47,51-55,59,63-80H2,1-4H3,(H,93,94)(H,95,96)/b25-21-,26-22-,27-23-,37-33-,38-34-,39-35-,43-36-,48-44-,49-45-,50-46-,60-56-,61-57-,62-58-/t81-,82-,83-/m1/s1. The number of aliphatic hydroxyl groups is 1. The molecule has 0 saturated heterocycles. The van der Waals surface area contributed by atoms with Crippen LogP contribution >= 0.6 is 15.6 Å². The summed E-state index contributed by atoms with van der Waals surface area (Å²) in [6, 6.07) is 0. The van der Waals surface area contributed by atoms with Gasteiger partial charge in [-0.15, -0.1) is 0 Å². The van der Waals surface area contributed by atoms with Crippen LogP contribution in [0.4, 0.5) is 0 Å². The van der Waals surface area contributed by atoms with Crippen molar-refractivity contribution >= 4 is 39.5 Å². The summed E-state index contributed by atoms with van der Waals surface area (Å²) in [5.74, 6) is -2.39. The summed E-state index contributed by atoms with van der Waals surface area (Å²) in [6.45, 7) is 4.58. The Labute approximate surface area is 642 Å². The molecule has 0 radical (unpaired) electrons. The van der Waals surface area contributed by atoms with Crippen molar-refractivity contribution < 1.29 is 80.2 Å². The third-order valence-electron chi connectivity index (χ3n) is 16.4. The van der Waals surface area contributed by atoms with Gasteiger partial charge in [0.25, 0.3) is 0 Å². The third-order valence-corrected chi connectivity index (χ3v) is 18.3. The highest BCUT2D eigenvalue weighted by Gasteiger charge is 2.30. The minimum Gasteiger partial charge on any atom is -0.462 e. The molecule has 0 aliphatic carbocycles. The predicted molar refractivity (Wildman–Crippen MR) is 436 cm³/mol. The number of unbranched alkanes of at least 4 members (excludes halogenated alkanes) is 23. The molecule has 0 aromatic rings. The molecule has 19 heteroatoms. The Kier molecular flexibility index (Phi) is 73.9. The maximum absolute atomic E-state index is 13.1. The van der Waals surface area contributed by atoms with Gasteiger partial charge in [0, 0.05) is 25.7 Å². The van der Waals surface area contributed by atoms with E-state index >= 15 is 0 Å². The molecule has 5 atom stereocenters. The number of aliphatic hydroxyl groups excluding tert-OH is 1. The molecule has 0 amide bonds. The quantitative estimate of drug-likeness (QED) is 0.0169. The minimum atomic E-state index is -5.02. The Bertz CT molecular complexity index is 2630. The van der Waals surface area contributed by atoms with E-state index in [1.807, 2.05) is 36.5 Å². The smallest absolute Gasteiger partial charge is 0.462 e. The van der Waals surface area contributed by atoms with E-state index in [4.69, 9.17) is 37.0 Å². The molecular weight excluding hydrogens is 1380 g/mol. The number of esters is 4. The number of phosphoric ester groups is 2. The number of carbonyl (C=O) groups is 4. The van der Waals surface area contributed by atoms with Crippen LogP contribution in [0.5, 0.6) is 0 Å². The molecule has 106 heavy (non-hydrogen) atoms. The summed E-state index contributed by atoms with van der Waals surface area (Å²) in [4.78, 5) is 73.0. The molecule has 0 rings (SSSR count). The fraction of sp³-hybridized carbons (Fsp3) is 0.655. The molecule has 0 aromatic heterocycles. The fourth-order valence-corrected chi connectivity index (χ4v) is 11.8. The van der Waals surface area contributed by atoms with Gasteiger partial charge in [0.2, 0.25) is 0 Å². The summed E-state index contributed by atoms with van der Waals surface area (Å²) in [6.07, 6.45) is 91.0. The van der Waals surface area contributed by atoms with Crippen LogP contribution in [0.2, 0.25) is 0 Å². The summed E-state index contributed by atoms with van der Waals surface area (Å²) in [5, 5.41) is 10.6. The van der Waals surface area contributed by atoms with Crippen molar-refractivity contribution in [3.63, 3.8) is 0 Å². The second-order valence-electron chi connectivity index (χ2n) is 26.6. The first-order valence-electron chi connectivity index (χ1n) is 40.7. The first-order valence-corrected chi connectivity index (χ1v) is 43.7. The van der Waals surface area contributed by atoms with Gasteiger partial charge >= 0.3 is 39.5 Å². The SMILES string of the molecule is CCCCC/C=C\C/C=C\C/C=C\C/C=C\CCCC(=O)OC[C@H](COP(=O)(O)OC[C@H](O)COP(=O)(O)OC[C@@H](COC(=O)CCCCCCC/C=C\CCCCCCCC)OC(=O)CCC/C=C\C/C=C\C/C=C\C/C=C\CCCCC)OC(=O)CCC/C=C\C/C=C\C/C=C\C/C=C\CCCCC. The number of allylic oxidation sites excluding steroid dienone is 26. The first kappa shape index (κ1) is 101. The van der Waals surface area contributed by atoms with Crippen LogP contribution in [0, 0.1) is 0 Å². The molecule has 0 fully saturated rings. The van der Waals surface area contributed by atoms with Crippen molar-refractivity contribution in [2.75, 3.05) is 39.6 Å². The Morgan fingerprint density at radius 2 is 0.472 bits per heavy atom. The van der Waals surface area contributed by atoms with Crippen molar-refractivity contribution in [3.05, 3.63) is 158 Å². The van der Waals surface area contributed by atoms with Gasteiger partial charge in [0.1, 0.15) is 19.3 Å². The van der Waals surface area contributed by atoms with Gasteiger partial charge in [-0.3, -0.25) is 37.3 Å². The fourth-order valence-electron chi connectivity index (χ4n) is 10.2. The van der Waals surface area contributed by atoms with E-state index in [0.29, 0.717) is 44.9 Å². The van der Waals surface area contributed by atoms with E-state index in [2.05, 4.69) is 149 Å². The highest BCUT2D eigenvalue weighted by molar-refractivity contribution is 7.47. The summed E-state index contributed by atoms with van der Waals surface area (Å²) < 4.78 is 68.5. The second-order valence-corrected chi connectivity index (χ2v) is 29.5. The van der Waals surface area contributed by atoms with Crippen molar-refractivity contribution in [2.45, 2.75) is 329 Å².